The Morgan fingerprint density at radius 1 is 1.13 bits per heavy atom. The van der Waals surface area contributed by atoms with Gasteiger partial charge < -0.3 is 9.05 Å². The van der Waals surface area contributed by atoms with Gasteiger partial charge in [0.1, 0.15) is 0 Å². The smallest absolute Gasteiger partial charge is 0.309 e. The van der Waals surface area contributed by atoms with Gasteiger partial charge in [-0.05, 0) is 24.6 Å². The Hall–Kier alpha value is -0.890. The summed E-state index contributed by atoms with van der Waals surface area (Å²) in [7, 11) is -0.338. The highest BCUT2D eigenvalue weighted by atomic mass is 31.2. The summed E-state index contributed by atoms with van der Waals surface area (Å²) in [6.07, 6.45) is 3.91. The van der Waals surface area contributed by atoms with Crippen LogP contribution in [-0.4, -0.2) is 14.2 Å². The molecule has 1 aromatic rings. The van der Waals surface area contributed by atoms with Gasteiger partial charge in [-0.15, -0.1) is 0 Å². The lowest BCUT2D eigenvalue weighted by Gasteiger charge is -2.13. The van der Waals surface area contributed by atoms with E-state index in [9.17, 15) is 4.57 Å². The summed E-state index contributed by atoms with van der Waals surface area (Å²) in [4.78, 5) is 0. The van der Waals surface area contributed by atoms with E-state index in [2.05, 4.69) is 0 Å². The Morgan fingerprint density at radius 3 is 2.07 bits per heavy atom. The van der Waals surface area contributed by atoms with Gasteiger partial charge in [-0.3, -0.25) is 4.57 Å². The second-order valence-corrected chi connectivity index (χ2v) is 5.20. The zero-order valence-electron chi connectivity index (χ0n) is 9.14. The molecule has 0 aromatic heterocycles. The van der Waals surface area contributed by atoms with Crippen molar-refractivity contribution in [1.82, 2.24) is 0 Å². The van der Waals surface area contributed by atoms with Crippen LogP contribution >= 0.6 is 7.60 Å². The Labute approximate surface area is 90.3 Å². The molecular formula is C11H15O3P. The molecule has 0 aliphatic carbocycles. The maximum Gasteiger partial charge on any atom is 0.360 e. The van der Waals surface area contributed by atoms with E-state index in [0.717, 1.165) is 5.56 Å². The molecule has 0 aliphatic rings. The average Bonchev–Trinajstić information content (AvgIpc) is 2.29. The minimum absolute atomic E-state index is 0.570. The molecule has 82 valence electrons. The summed E-state index contributed by atoms with van der Waals surface area (Å²) in [6, 6.07) is 7.26. The maximum absolute atomic E-state index is 12.0. The summed E-state index contributed by atoms with van der Waals surface area (Å²) >= 11 is 0. The van der Waals surface area contributed by atoms with Gasteiger partial charge in [-0.2, -0.15) is 0 Å². The monoisotopic (exact) mass is 226 g/mol. The third kappa shape index (κ3) is 2.78. The summed E-state index contributed by atoms with van der Waals surface area (Å²) in [5, 5.41) is 0.570. The van der Waals surface area contributed by atoms with Crippen LogP contribution in [0.1, 0.15) is 12.5 Å². The largest absolute Gasteiger partial charge is 0.360 e. The summed E-state index contributed by atoms with van der Waals surface area (Å²) < 4.78 is 21.7. The van der Waals surface area contributed by atoms with Gasteiger partial charge in [-0.25, -0.2) is 0 Å². The topological polar surface area (TPSA) is 35.5 Å². The van der Waals surface area contributed by atoms with Crippen molar-refractivity contribution in [3.8, 4) is 0 Å². The summed E-state index contributed by atoms with van der Waals surface area (Å²) in [6.45, 7) is 1.95. The first-order chi connectivity index (χ1) is 7.16. The molecule has 4 heteroatoms. The normalized spacial score (nSPS) is 12.2. The number of rotatable bonds is 4. The molecule has 0 amide bonds. The van der Waals surface area contributed by atoms with Crippen LogP contribution < -0.4 is 5.30 Å². The van der Waals surface area contributed by atoms with Gasteiger partial charge in [-0.1, -0.05) is 24.3 Å². The standard InChI is InChI=1S/C11H15O3P/c1-4-5-10-6-8-11(9-7-10)15(12,13-2)14-3/h4-9H,1-3H3. The minimum atomic E-state index is -3.10. The second kappa shape index (κ2) is 5.26. The van der Waals surface area contributed by atoms with Crippen molar-refractivity contribution < 1.29 is 13.6 Å². The Kier molecular flexibility index (Phi) is 4.28. The van der Waals surface area contributed by atoms with E-state index in [0.29, 0.717) is 5.30 Å². The van der Waals surface area contributed by atoms with Crippen LogP contribution in [-0.2, 0) is 13.6 Å². The van der Waals surface area contributed by atoms with Gasteiger partial charge in [0.2, 0.25) is 0 Å². The predicted molar refractivity (Wildman–Crippen MR) is 62.4 cm³/mol. The van der Waals surface area contributed by atoms with E-state index in [4.69, 9.17) is 9.05 Å². The molecule has 0 radical (unpaired) electrons. The van der Waals surface area contributed by atoms with Gasteiger partial charge in [0.15, 0.2) is 0 Å². The Morgan fingerprint density at radius 2 is 1.67 bits per heavy atom. The van der Waals surface area contributed by atoms with Crippen LogP contribution in [0.5, 0.6) is 0 Å². The van der Waals surface area contributed by atoms with E-state index in [1.165, 1.54) is 14.2 Å². The molecule has 15 heavy (non-hydrogen) atoms. The first-order valence-corrected chi connectivity index (χ1v) is 6.15. The van der Waals surface area contributed by atoms with Gasteiger partial charge in [0, 0.05) is 14.2 Å². The van der Waals surface area contributed by atoms with E-state index in [1.807, 2.05) is 31.2 Å². The van der Waals surface area contributed by atoms with Crippen molar-refractivity contribution in [3.05, 3.63) is 35.9 Å². The van der Waals surface area contributed by atoms with Crippen LogP contribution in [0.3, 0.4) is 0 Å². The van der Waals surface area contributed by atoms with Crippen molar-refractivity contribution in [2.24, 2.45) is 0 Å². The van der Waals surface area contributed by atoms with Crippen molar-refractivity contribution >= 4 is 19.0 Å². The van der Waals surface area contributed by atoms with E-state index in [-0.39, 0.29) is 0 Å². The molecule has 0 spiro atoms. The lowest BCUT2D eigenvalue weighted by Crippen LogP contribution is -2.07. The number of hydrogen-bond acceptors (Lipinski definition) is 3. The summed E-state index contributed by atoms with van der Waals surface area (Å²) in [5.41, 5.74) is 1.06. The molecule has 0 N–H and O–H groups in total. The third-order valence-corrected chi connectivity index (χ3v) is 3.94. The Bertz CT molecular complexity index is 373. The molecule has 1 rings (SSSR count). The molecule has 0 unspecified atom stereocenters. The second-order valence-electron chi connectivity index (χ2n) is 2.95. The summed E-state index contributed by atoms with van der Waals surface area (Å²) in [5.74, 6) is 0. The molecule has 0 saturated carbocycles. The van der Waals surface area contributed by atoms with Crippen LogP contribution in [0.15, 0.2) is 30.3 Å². The molecular weight excluding hydrogens is 211 g/mol. The quantitative estimate of drug-likeness (QED) is 0.740. The van der Waals surface area contributed by atoms with Crippen LogP contribution in [0, 0.1) is 0 Å². The van der Waals surface area contributed by atoms with Crippen molar-refractivity contribution in [2.45, 2.75) is 6.92 Å². The van der Waals surface area contributed by atoms with Gasteiger partial charge in [0.25, 0.3) is 0 Å². The van der Waals surface area contributed by atoms with Crippen LogP contribution in [0.4, 0.5) is 0 Å². The molecule has 0 aliphatic heterocycles. The van der Waals surface area contributed by atoms with Gasteiger partial charge in [0.05, 0.1) is 5.30 Å². The Balaban J connectivity index is 3.02. The fourth-order valence-corrected chi connectivity index (χ4v) is 2.33. The van der Waals surface area contributed by atoms with Crippen LogP contribution in [0.2, 0.25) is 0 Å². The zero-order valence-corrected chi connectivity index (χ0v) is 10.0. The van der Waals surface area contributed by atoms with Crippen molar-refractivity contribution in [2.75, 3.05) is 14.2 Å². The SMILES string of the molecule is CC=Cc1ccc(P(=O)(OC)OC)cc1. The maximum atomic E-state index is 12.0. The van der Waals surface area contributed by atoms with E-state index in [1.54, 1.807) is 12.1 Å². The molecule has 0 bridgehead atoms. The average molecular weight is 226 g/mol. The molecule has 0 fully saturated rings. The predicted octanol–water partition coefficient (Wildman–Crippen LogP) is 2.83. The molecule has 0 heterocycles. The first kappa shape index (κ1) is 12.2. The van der Waals surface area contributed by atoms with Gasteiger partial charge >= 0.3 is 7.60 Å². The first-order valence-electron chi connectivity index (χ1n) is 4.61. The number of benzene rings is 1. The van der Waals surface area contributed by atoms with Crippen molar-refractivity contribution in [3.63, 3.8) is 0 Å². The zero-order chi connectivity index (χ0) is 11.3. The molecule has 0 saturated heterocycles. The lowest BCUT2D eigenvalue weighted by atomic mass is 10.2. The van der Waals surface area contributed by atoms with Crippen LogP contribution in [0.25, 0.3) is 6.08 Å². The number of allylic oxidation sites excluding steroid dienone is 1. The van der Waals surface area contributed by atoms with E-state index < -0.39 is 7.60 Å². The fraction of sp³-hybridized carbons (Fsp3) is 0.273. The number of hydrogen-bond donors (Lipinski definition) is 0. The molecule has 3 nitrogen and oxygen atoms in total. The lowest BCUT2D eigenvalue weighted by molar-refractivity contribution is 0.287. The highest BCUT2D eigenvalue weighted by Crippen LogP contribution is 2.44. The minimum Gasteiger partial charge on any atom is -0.309 e. The highest BCUT2D eigenvalue weighted by molar-refractivity contribution is 7.62. The molecule has 0 atom stereocenters. The van der Waals surface area contributed by atoms with Crippen molar-refractivity contribution in [1.29, 1.82) is 0 Å². The third-order valence-electron chi connectivity index (χ3n) is 2.05. The molecule has 1 aromatic carbocycles. The highest BCUT2D eigenvalue weighted by Gasteiger charge is 2.23. The fourth-order valence-electron chi connectivity index (χ4n) is 1.25. The van der Waals surface area contributed by atoms with E-state index >= 15 is 0 Å².